The third-order valence-corrected chi connectivity index (χ3v) is 6.60. The second-order valence-corrected chi connectivity index (χ2v) is 8.32. The van der Waals surface area contributed by atoms with Crippen molar-refractivity contribution in [3.8, 4) is 0 Å². The van der Waals surface area contributed by atoms with Gasteiger partial charge in [-0.2, -0.15) is 0 Å². The van der Waals surface area contributed by atoms with Crippen LogP contribution in [0.4, 0.5) is 0 Å². The number of carbonyl (C=O) groups excluding carboxylic acids is 4. The molecule has 1 aromatic rings. The number of rotatable bonds is 7. The zero-order valence-corrected chi connectivity index (χ0v) is 16.5. The van der Waals surface area contributed by atoms with Crippen LogP contribution in [-0.2, 0) is 23.9 Å². The van der Waals surface area contributed by atoms with Crippen molar-refractivity contribution in [1.29, 1.82) is 0 Å². The lowest BCUT2D eigenvalue weighted by molar-refractivity contribution is -0.150. The Kier molecular flexibility index (Phi) is 5.39. The van der Waals surface area contributed by atoms with Crippen LogP contribution in [0.25, 0.3) is 0 Å². The number of hydrogen-bond acceptors (Lipinski definition) is 5. The Morgan fingerprint density at radius 2 is 1.72 bits per heavy atom. The van der Waals surface area contributed by atoms with E-state index in [1.807, 2.05) is 37.3 Å². The molecule has 4 rings (SSSR count). The van der Waals surface area contributed by atoms with Gasteiger partial charge in [0, 0.05) is 6.54 Å². The van der Waals surface area contributed by atoms with E-state index < -0.39 is 11.9 Å². The van der Waals surface area contributed by atoms with Gasteiger partial charge in [0.05, 0.1) is 24.3 Å². The monoisotopic (exact) mass is 398 g/mol. The first kappa shape index (κ1) is 19.6. The second-order valence-electron chi connectivity index (χ2n) is 8.32. The summed E-state index contributed by atoms with van der Waals surface area (Å²) < 4.78 is 5.02. The first-order valence-corrected chi connectivity index (χ1v) is 10.3. The van der Waals surface area contributed by atoms with E-state index in [4.69, 9.17) is 4.74 Å². The van der Waals surface area contributed by atoms with Crippen LogP contribution >= 0.6 is 0 Å². The van der Waals surface area contributed by atoms with E-state index in [2.05, 4.69) is 5.32 Å². The molecule has 3 amide bonds. The van der Waals surface area contributed by atoms with E-state index in [1.165, 1.54) is 4.90 Å². The molecular formula is C22H26N2O5. The highest BCUT2D eigenvalue weighted by atomic mass is 16.5. The SMILES string of the molecule is C[C@H](NC(=O)COC(=O)CCN1C(=O)[C@H]2[C@@H]3CC[C@@H](C3)[C@@H]2C1=O)c1ccccc1. The summed E-state index contributed by atoms with van der Waals surface area (Å²) in [5, 5.41) is 2.77. The minimum absolute atomic E-state index is 0.0327. The van der Waals surface area contributed by atoms with E-state index in [9.17, 15) is 19.2 Å². The molecule has 1 aliphatic heterocycles. The van der Waals surface area contributed by atoms with E-state index in [0.29, 0.717) is 11.8 Å². The average molecular weight is 398 g/mol. The molecule has 154 valence electrons. The molecule has 0 unspecified atom stereocenters. The van der Waals surface area contributed by atoms with E-state index in [0.717, 1.165) is 24.8 Å². The maximum atomic E-state index is 12.6. The van der Waals surface area contributed by atoms with E-state index in [1.54, 1.807) is 0 Å². The first-order chi connectivity index (χ1) is 14.0. The van der Waals surface area contributed by atoms with Gasteiger partial charge in [0.2, 0.25) is 11.8 Å². The molecule has 5 atom stereocenters. The molecule has 7 nitrogen and oxygen atoms in total. The van der Waals surface area contributed by atoms with Crippen molar-refractivity contribution in [1.82, 2.24) is 10.2 Å². The fraction of sp³-hybridized carbons (Fsp3) is 0.545. The molecule has 0 radical (unpaired) electrons. The lowest BCUT2D eigenvalue weighted by Gasteiger charge is -2.19. The quantitative estimate of drug-likeness (QED) is 0.559. The summed E-state index contributed by atoms with van der Waals surface area (Å²) >= 11 is 0. The number of likely N-dealkylation sites (tertiary alicyclic amines) is 1. The summed E-state index contributed by atoms with van der Waals surface area (Å²) in [6.45, 7) is 1.50. The maximum Gasteiger partial charge on any atom is 0.308 e. The predicted octanol–water partition coefficient (Wildman–Crippen LogP) is 1.83. The number of imide groups is 1. The van der Waals surface area contributed by atoms with Crippen molar-refractivity contribution >= 4 is 23.7 Å². The van der Waals surface area contributed by atoms with Crippen LogP contribution in [0.1, 0.15) is 44.2 Å². The fourth-order valence-electron chi connectivity index (χ4n) is 5.22. The number of fused-ring (bicyclic) bond motifs is 5. The molecule has 0 aromatic heterocycles. The van der Waals surface area contributed by atoms with Crippen molar-refractivity contribution in [3.63, 3.8) is 0 Å². The molecule has 1 aromatic carbocycles. The highest BCUT2D eigenvalue weighted by Crippen LogP contribution is 2.56. The largest absolute Gasteiger partial charge is 0.456 e. The number of carbonyl (C=O) groups is 4. The van der Waals surface area contributed by atoms with Gasteiger partial charge in [-0.3, -0.25) is 24.1 Å². The summed E-state index contributed by atoms with van der Waals surface area (Å²) in [6.07, 6.45) is 2.95. The number of nitrogens with zero attached hydrogens (tertiary/aromatic N) is 1. The predicted molar refractivity (Wildman–Crippen MR) is 103 cm³/mol. The second kappa shape index (κ2) is 7.97. The molecule has 7 heteroatoms. The number of benzene rings is 1. The molecule has 29 heavy (non-hydrogen) atoms. The Hall–Kier alpha value is -2.70. The standard InChI is InChI=1S/C22H26N2O5/c1-13(14-5-3-2-4-6-14)23-17(25)12-29-18(26)9-10-24-21(27)19-15-7-8-16(11-15)20(19)22(24)28/h2-6,13,15-16,19-20H,7-12H2,1H3,(H,23,25)/t13-,15-,16+,19-,20-/m0/s1. The first-order valence-electron chi connectivity index (χ1n) is 10.3. The van der Waals surface area contributed by atoms with Gasteiger partial charge in [-0.25, -0.2) is 0 Å². The van der Waals surface area contributed by atoms with Crippen molar-refractivity contribution in [2.75, 3.05) is 13.2 Å². The summed E-state index contributed by atoms with van der Waals surface area (Å²) in [4.78, 5) is 50.5. The molecule has 2 bridgehead atoms. The van der Waals surface area contributed by atoms with Gasteiger partial charge < -0.3 is 10.1 Å². The van der Waals surface area contributed by atoms with Crippen LogP contribution in [0, 0.1) is 23.7 Å². The third kappa shape index (κ3) is 3.78. The third-order valence-electron chi connectivity index (χ3n) is 6.60. The van der Waals surface area contributed by atoms with Crippen LogP contribution in [-0.4, -0.2) is 41.7 Å². The Morgan fingerprint density at radius 3 is 2.34 bits per heavy atom. The maximum absolute atomic E-state index is 12.6. The number of esters is 1. The zero-order chi connectivity index (χ0) is 20.5. The van der Waals surface area contributed by atoms with Crippen LogP contribution in [0.5, 0.6) is 0 Å². The van der Waals surface area contributed by atoms with Crippen LogP contribution < -0.4 is 5.32 Å². The van der Waals surface area contributed by atoms with Crippen molar-refractivity contribution in [3.05, 3.63) is 35.9 Å². The van der Waals surface area contributed by atoms with Gasteiger partial charge in [0.25, 0.3) is 5.91 Å². The molecule has 2 aliphatic carbocycles. The number of hydrogen-bond donors (Lipinski definition) is 1. The van der Waals surface area contributed by atoms with Gasteiger partial charge in [-0.05, 0) is 43.6 Å². The summed E-state index contributed by atoms with van der Waals surface area (Å²) in [5.74, 6) is -0.946. The summed E-state index contributed by atoms with van der Waals surface area (Å²) in [5.41, 5.74) is 0.956. The number of amides is 3. The normalized spacial score (nSPS) is 28.4. The number of ether oxygens (including phenoxy) is 1. The zero-order valence-electron chi connectivity index (χ0n) is 16.5. The molecule has 3 fully saturated rings. The highest BCUT2D eigenvalue weighted by Gasteiger charge is 2.60. The average Bonchev–Trinajstić information content (AvgIpc) is 3.40. The Bertz CT molecular complexity index is 796. The molecule has 0 spiro atoms. The topological polar surface area (TPSA) is 92.8 Å². The molecule has 1 saturated heterocycles. The summed E-state index contributed by atoms with van der Waals surface area (Å²) in [6, 6.07) is 9.28. The Morgan fingerprint density at radius 1 is 1.10 bits per heavy atom. The van der Waals surface area contributed by atoms with Crippen LogP contribution in [0.15, 0.2) is 30.3 Å². The molecule has 3 aliphatic rings. The van der Waals surface area contributed by atoms with Gasteiger partial charge >= 0.3 is 5.97 Å². The molecule has 1 heterocycles. The van der Waals surface area contributed by atoms with Crippen LogP contribution in [0.2, 0.25) is 0 Å². The van der Waals surface area contributed by atoms with Crippen molar-refractivity contribution < 1.29 is 23.9 Å². The van der Waals surface area contributed by atoms with Gasteiger partial charge in [-0.1, -0.05) is 30.3 Å². The van der Waals surface area contributed by atoms with Gasteiger partial charge in [-0.15, -0.1) is 0 Å². The molecular weight excluding hydrogens is 372 g/mol. The Labute approximate surface area is 169 Å². The Balaban J connectivity index is 1.21. The smallest absolute Gasteiger partial charge is 0.308 e. The number of nitrogens with one attached hydrogen (secondary N) is 1. The molecule has 1 N–H and O–H groups in total. The van der Waals surface area contributed by atoms with Crippen molar-refractivity contribution in [2.45, 2.75) is 38.6 Å². The summed E-state index contributed by atoms with van der Waals surface area (Å²) in [7, 11) is 0. The van der Waals surface area contributed by atoms with E-state index >= 15 is 0 Å². The highest BCUT2D eigenvalue weighted by molar-refractivity contribution is 6.06. The van der Waals surface area contributed by atoms with E-state index in [-0.39, 0.29) is 49.3 Å². The van der Waals surface area contributed by atoms with Gasteiger partial charge in [0.1, 0.15) is 0 Å². The minimum atomic E-state index is -0.590. The van der Waals surface area contributed by atoms with Gasteiger partial charge in [0.15, 0.2) is 6.61 Å². The van der Waals surface area contributed by atoms with Crippen LogP contribution in [0.3, 0.4) is 0 Å². The lowest BCUT2D eigenvalue weighted by Crippen LogP contribution is -2.35. The lowest BCUT2D eigenvalue weighted by atomic mass is 9.81. The minimum Gasteiger partial charge on any atom is -0.456 e. The molecule has 2 saturated carbocycles. The van der Waals surface area contributed by atoms with Crippen molar-refractivity contribution in [2.24, 2.45) is 23.7 Å². The fourth-order valence-corrected chi connectivity index (χ4v) is 5.22.